The highest BCUT2D eigenvalue weighted by atomic mass is 19.1. The van der Waals surface area contributed by atoms with Crippen LogP contribution in [0.1, 0.15) is 31.4 Å². The number of amides is 1. The molecule has 0 saturated heterocycles. The third kappa shape index (κ3) is 1.93. The van der Waals surface area contributed by atoms with Crippen molar-refractivity contribution in [1.29, 1.82) is 0 Å². The Labute approximate surface area is 100 Å². The van der Waals surface area contributed by atoms with Crippen LogP contribution in [-0.4, -0.2) is 11.9 Å². The molecule has 2 rings (SSSR count). The SMILES string of the molecule is CC(C)NC1(C(N)=O)CCc2cc(F)ccc21. The van der Waals surface area contributed by atoms with E-state index in [2.05, 4.69) is 5.32 Å². The van der Waals surface area contributed by atoms with Gasteiger partial charge in [-0.05, 0) is 49.9 Å². The molecule has 17 heavy (non-hydrogen) atoms. The average Bonchev–Trinajstić information content (AvgIpc) is 2.57. The predicted molar refractivity (Wildman–Crippen MR) is 63.9 cm³/mol. The van der Waals surface area contributed by atoms with Gasteiger partial charge in [-0.1, -0.05) is 6.07 Å². The maximum Gasteiger partial charge on any atom is 0.242 e. The fraction of sp³-hybridized carbons (Fsp3) is 0.462. The molecule has 92 valence electrons. The second-order valence-corrected chi connectivity index (χ2v) is 4.87. The van der Waals surface area contributed by atoms with Crippen LogP contribution in [-0.2, 0) is 16.8 Å². The lowest BCUT2D eigenvalue weighted by Crippen LogP contribution is -2.53. The number of aryl methyl sites for hydroxylation is 1. The fourth-order valence-corrected chi connectivity index (χ4v) is 2.61. The van der Waals surface area contributed by atoms with Gasteiger partial charge in [-0.25, -0.2) is 4.39 Å². The summed E-state index contributed by atoms with van der Waals surface area (Å²) in [7, 11) is 0. The number of hydrogen-bond acceptors (Lipinski definition) is 2. The van der Waals surface area contributed by atoms with Crippen molar-refractivity contribution in [3.05, 3.63) is 35.1 Å². The average molecular weight is 236 g/mol. The van der Waals surface area contributed by atoms with Crippen LogP contribution in [0.25, 0.3) is 0 Å². The molecule has 0 radical (unpaired) electrons. The van der Waals surface area contributed by atoms with E-state index in [-0.39, 0.29) is 11.9 Å². The van der Waals surface area contributed by atoms with Crippen molar-refractivity contribution < 1.29 is 9.18 Å². The molecular weight excluding hydrogens is 219 g/mol. The Hall–Kier alpha value is -1.42. The number of nitrogens with one attached hydrogen (secondary N) is 1. The van der Waals surface area contributed by atoms with Gasteiger partial charge in [0, 0.05) is 6.04 Å². The molecule has 1 unspecified atom stereocenters. The number of fused-ring (bicyclic) bond motifs is 1. The van der Waals surface area contributed by atoms with Crippen molar-refractivity contribution in [2.24, 2.45) is 5.73 Å². The summed E-state index contributed by atoms with van der Waals surface area (Å²) in [6, 6.07) is 4.67. The standard InChI is InChI=1S/C13H17FN2O/c1-8(2)16-13(12(15)17)6-5-9-7-10(14)3-4-11(9)13/h3-4,7-8,16H,5-6H2,1-2H3,(H2,15,17). The van der Waals surface area contributed by atoms with Crippen molar-refractivity contribution in [2.75, 3.05) is 0 Å². The summed E-state index contributed by atoms with van der Waals surface area (Å²) in [5, 5.41) is 3.23. The van der Waals surface area contributed by atoms with Crippen LogP contribution in [0.4, 0.5) is 4.39 Å². The molecule has 0 bridgehead atoms. The van der Waals surface area contributed by atoms with Crippen LogP contribution in [0.2, 0.25) is 0 Å². The Bertz CT molecular complexity index is 459. The minimum absolute atomic E-state index is 0.138. The van der Waals surface area contributed by atoms with E-state index in [1.165, 1.54) is 12.1 Å². The molecule has 1 amide bonds. The van der Waals surface area contributed by atoms with Gasteiger partial charge < -0.3 is 5.73 Å². The molecule has 3 nitrogen and oxygen atoms in total. The first-order chi connectivity index (χ1) is 7.95. The van der Waals surface area contributed by atoms with E-state index < -0.39 is 11.4 Å². The van der Waals surface area contributed by atoms with Crippen LogP contribution in [0.5, 0.6) is 0 Å². The van der Waals surface area contributed by atoms with Gasteiger partial charge in [0.25, 0.3) is 0 Å². The highest BCUT2D eigenvalue weighted by Gasteiger charge is 2.44. The number of benzene rings is 1. The van der Waals surface area contributed by atoms with Gasteiger partial charge in [0.15, 0.2) is 0 Å². The third-order valence-electron chi connectivity index (χ3n) is 3.25. The second kappa shape index (κ2) is 4.11. The summed E-state index contributed by atoms with van der Waals surface area (Å²) in [6.45, 7) is 3.93. The summed E-state index contributed by atoms with van der Waals surface area (Å²) in [4.78, 5) is 11.8. The maximum atomic E-state index is 13.1. The summed E-state index contributed by atoms with van der Waals surface area (Å²) in [5.74, 6) is -0.662. The molecule has 0 saturated carbocycles. The van der Waals surface area contributed by atoms with Crippen LogP contribution < -0.4 is 11.1 Å². The van der Waals surface area contributed by atoms with Gasteiger partial charge in [0.1, 0.15) is 11.4 Å². The summed E-state index contributed by atoms with van der Waals surface area (Å²) < 4.78 is 13.1. The lowest BCUT2D eigenvalue weighted by molar-refractivity contribution is -0.125. The quantitative estimate of drug-likeness (QED) is 0.834. The second-order valence-electron chi connectivity index (χ2n) is 4.87. The Morgan fingerprint density at radius 2 is 2.24 bits per heavy atom. The molecule has 1 aromatic carbocycles. The summed E-state index contributed by atoms with van der Waals surface area (Å²) in [5.41, 5.74) is 6.39. The third-order valence-corrected chi connectivity index (χ3v) is 3.25. The molecule has 1 atom stereocenters. The normalized spacial score (nSPS) is 22.8. The van der Waals surface area contributed by atoms with E-state index >= 15 is 0 Å². The number of carbonyl (C=O) groups is 1. The van der Waals surface area contributed by atoms with Gasteiger partial charge in [0.2, 0.25) is 5.91 Å². The smallest absolute Gasteiger partial charge is 0.242 e. The predicted octanol–water partition coefficient (Wildman–Crippen LogP) is 1.45. The number of rotatable bonds is 3. The van der Waals surface area contributed by atoms with Crippen LogP contribution >= 0.6 is 0 Å². The van der Waals surface area contributed by atoms with Gasteiger partial charge in [-0.3, -0.25) is 10.1 Å². The molecule has 1 aliphatic rings. The van der Waals surface area contributed by atoms with Crippen molar-refractivity contribution in [3.63, 3.8) is 0 Å². The topological polar surface area (TPSA) is 55.1 Å². The molecule has 0 aromatic heterocycles. The largest absolute Gasteiger partial charge is 0.368 e. The van der Waals surface area contributed by atoms with Gasteiger partial charge >= 0.3 is 0 Å². The minimum atomic E-state index is -0.836. The zero-order chi connectivity index (χ0) is 12.6. The summed E-state index contributed by atoms with van der Waals surface area (Å²) >= 11 is 0. The van der Waals surface area contributed by atoms with Crippen molar-refractivity contribution in [1.82, 2.24) is 5.32 Å². The van der Waals surface area contributed by atoms with E-state index in [1.807, 2.05) is 13.8 Å². The Morgan fingerprint density at radius 1 is 1.53 bits per heavy atom. The Morgan fingerprint density at radius 3 is 2.82 bits per heavy atom. The first-order valence-corrected chi connectivity index (χ1v) is 5.82. The fourth-order valence-electron chi connectivity index (χ4n) is 2.61. The van der Waals surface area contributed by atoms with Gasteiger partial charge in [-0.2, -0.15) is 0 Å². The Balaban J connectivity index is 2.49. The van der Waals surface area contributed by atoms with E-state index in [1.54, 1.807) is 6.07 Å². The van der Waals surface area contributed by atoms with Crippen molar-refractivity contribution in [3.8, 4) is 0 Å². The molecule has 3 N–H and O–H groups in total. The summed E-state index contributed by atoms with van der Waals surface area (Å²) in [6.07, 6.45) is 1.27. The molecular formula is C13H17FN2O. The molecule has 0 heterocycles. The first kappa shape index (κ1) is 12.0. The van der Waals surface area contributed by atoms with Crippen molar-refractivity contribution in [2.45, 2.75) is 38.3 Å². The number of hydrogen-bond donors (Lipinski definition) is 2. The van der Waals surface area contributed by atoms with E-state index in [9.17, 15) is 9.18 Å². The highest BCUT2D eigenvalue weighted by Crippen LogP contribution is 2.37. The van der Waals surface area contributed by atoms with E-state index in [4.69, 9.17) is 5.73 Å². The highest BCUT2D eigenvalue weighted by molar-refractivity contribution is 5.87. The Kier molecular flexibility index (Phi) is 2.91. The van der Waals surface area contributed by atoms with E-state index in [0.29, 0.717) is 12.8 Å². The van der Waals surface area contributed by atoms with Gasteiger partial charge in [-0.15, -0.1) is 0 Å². The molecule has 0 aliphatic heterocycles. The zero-order valence-electron chi connectivity index (χ0n) is 10.1. The number of nitrogens with two attached hydrogens (primary N) is 1. The molecule has 4 heteroatoms. The lowest BCUT2D eigenvalue weighted by Gasteiger charge is -2.30. The minimum Gasteiger partial charge on any atom is -0.368 e. The van der Waals surface area contributed by atoms with Crippen LogP contribution in [0.3, 0.4) is 0 Å². The molecule has 0 fully saturated rings. The zero-order valence-corrected chi connectivity index (χ0v) is 10.1. The van der Waals surface area contributed by atoms with Crippen LogP contribution in [0.15, 0.2) is 18.2 Å². The van der Waals surface area contributed by atoms with Gasteiger partial charge in [0.05, 0.1) is 0 Å². The van der Waals surface area contributed by atoms with E-state index in [0.717, 1.165) is 11.1 Å². The lowest BCUT2D eigenvalue weighted by atomic mass is 9.90. The monoisotopic (exact) mass is 236 g/mol. The molecule has 1 aromatic rings. The number of halogens is 1. The van der Waals surface area contributed by atoms with Crippen molar-refractivity contribution >= 4 is 5.91 Å². The van der Waals surface area contributed by atoms with Crippen LogP contribution in [0, 0.1) is 5.82 Å². The molecule has 0 spiro atoms. The maximum absolute atomic E-state index is 13.1. The molecule has 1 aliphatic carbocycles. The number of primary amides is 1. The number of carbonyl (C=O) groups excluding carboxylic acids is 1. The first-order valence-electron chi connectivity index (χ1n) is 5.82.